The molecule has 2 heterocycles. The molecule has 0 unspecified atom stereocenters. The fourth-order valence-corrected chi connectivity index (χ4v) is 4.11. The third-order valence-corrected chi connectivity index (χ3v) is 5.55. The predicted octanol–water partition coefficient (Wildman–Crippen LogP) is 4.18. The maximum absolute atomic E-state index is 13.0. The van der Waals surface area contributed by atoms with Crippen molar-refractivity contribution in [3.8, 4) is 11.4 Å². The molecule has 0 N–H and O–H groups in total. The van der Waals surface area contributed by atoms with Crippen LogP contribution < -0.4 is 10.3 Å². The SMILES string of the molecule is COc1ccc(/C=N/n2c(C)nc3c(sc(=S)n3-c3ccccc3)c2=O)cc1. The van der Waals surface area contributed by atoms with E-state index in [0.29, 0.717) is 20.1 Å². The summed E-state index contributed by atoms with van der Waals surface area (Å²) in [5, 5.41) is 4.33. The first kappa shape index (κ1) is 18.3. The van der Waals surface area contributed by atoms with Crippen LogP contribution in [0.15, 0.2) is 64.5 Å². The summed E-state index contributed by atoms with van der Waals surface area (Å²) in [4.78, 5) is 17.6. The first-order valence-electron chi connectivity index (χ1n) is 8.47. The predicted molar refractivity (Wildman–Crippen MR) is 115 cm³/mol. The highest BCUT2D eigenvalue weighted by atomic mass is 32.1. The van der Waals surface area contributed by atoms with Crippen molar-refractivity contribution in [2.24, 2.45) is 5.10 Å². The van der Waals surface area contributed by atoms with Crippen LogP contribution in [0.2, 0.25) is 0 Å². The standard InChI is InChI=1S/C20H16N4O2S2/c1-13-22-18-17(28-20(27)23(18)15-6-4-3-5-7-15)19(25)24(13)21-12-14-8-10-16(26-2)11-9-14/h3-12H,1-2H3/b21-12+. The van der Waals surface area contributed by atoms with E-state index in [4.69, 9.17) is 17.0 Å². The van der Waals surface area contributed by atoms with Crippen molar-refractivity contribution in [3.05, 3.63) is 80.3 Å². The number of methoxy groups -OCH3 is 1. The van der Waals surface area contributed by atoms with Crippen molar-refractivity contribution in [1.82, 2.24) is 14.2 Å². The third-order valence-electron chi connectivity index (χ3n) is 4.20. The van der Waals surface area contributed by atoms with Crippen LogP contribution in [0, 0.1) is 10.9 Å². The van der Waals surface area contributed by atoms with Gasteiger partial charge in [-0.05, 0) is 61.1 Å². The van der Waals surface area contributed by atoms with E-state index in [0.717, 1.165) is 17.0 Å². The highest BCUT2D eigenvalue weighted by Crippen LogP contribution is 2.23. The highest BCUT2D eigenvalue weighted by Gasteiger charge is 2.15. The Labute approximate surface area is 170 Å². The monoisotopic (exact) mass is 408 g/mol. The lowest BCUT2D eigenvalue weighted by Crippen LogP contribution is -2.20. The van der Waals surface area contributed by atoms with E-state index >= 15 is 0 Å². The van der Waals surface area contributed by atoms with E-state index in [1.165, 1.54) is 16.0 Å². The van der Waals surface area contributed by atoms with E-state index in [1.54, 1.807) is 20.2 Å². The van der Waals surface area contributed by atoms with E-state index < -0.39 is 0 Å². The molecule has 140 valence electrons. The van der Waals surface area contributed by atoms with Gasteiger partial charge in [0.15, 0.2) is 9.60 Å². The van der Waals surface area contributed by atoms with Crippen molar-refractivity contribution in [2.45, 2.75) is 6.92 Å². The average Bonchev–Trinajstić information content (AvgIpc) is 3.05. The summed E-state index contributed by atoms with van der Waals surface area (Å²) in [6.07, 6.45) is 1.62. The summed E-state index contributed by atoms with van der Waals surface area (Å²) in [7, 11) is 1.61. The van der Waals surface area contributed by atoms with Crippen LogP contribution in [-0.2, 0) is 0 Å². The van der Waals surface area contributed by atoms with Gasteiger partial charge in [0.2, 0.25) is 0 Å². The molecule has 0 aliphatic heterocycles. The van der Waals surface area contributed by atoms with Gasteiger partial charge in [-0.2, -0.15) is 9.78 Å². The molecule has 0 aliphatic carbocycles. The molecule has 2 aromatic carbocycles. The number of nitrogens with zero attached hydrogens (tertiary/aromatic N) is 4. The van der Waals surface area contributed by atoms with Crippen LogP contribution in [0.4, 0.5) is 0 Å². The molecule has 0 saturated heterocycles. The fraction of sp³-hybridized carbons (Fsp3) is 0.100. The Bertz CT molecular complexity index is 1290. The maximum Gasteiger partial charge on any atom is 0.293 e. The Morgan fingerprint density at radius 2 is 1.86 bits per heavy atom. The molecule has 4 rings (SSSR count). The van der Waals surface area contributed by atoms with Gasteiger partial charge in [-0.3, -0.25) is 9.36 Å². The number of thiazole rings is 1. The smallest absolute Gasteiger partial charge is 0.293 e. The second-order valence-corrected chi connectivity index (χ2v) is 7.63. The first-order valence-corrected chi connectivity index (χ1v) is 9.70. The zero-order chi connectivity index (χ0) is 19.7. The first-order chi connectivity index (χ1) is 13.6. The number of aryl methyl sites for hydroxylation is 1. The molecular weight excluding hydrogens is 392 g/mol. The molecule has 8 heteroatoms. The van der Waals surface area contributed by atoms with Crippen LogP contribution >= 0.6 is 23.6 Å². The van der Waals surface area contributed by atoms with Gasteiger partial charge in [-0.1, -0.05) is 29.5 Å². The molecule has 0 fully saturated rings. The van der Waals surface area contributed by atoms with E-state index in [9.17, 15) is 4.79 Å². The largest absolute Gasteiger partial charge is 0.497 e. The molecule has 0 aliphatic rings. The Kier molecular flexibility index (Phi) is 4.89. The summed E-state index contributed by atoms with van der Waals surface area (Å²) in [6, 6.07) is 17.1. The van der Waals surface area contributed by atoms with E-state index in [1.807, 2.05) is 59.2 Å². The summed E-state index contributed by atoms with van der Waals surface area (Å²) in [5.41, 5.74) is 2.05. The average molecular weight is 409 g/mol. The van der Waals surface area contributed by atoms with Gasteiger partial charge in [0.05, 0.1) is 13.3 Å². The number of ether oxygens (including phenoxy) is 1. The molecule has 0 bridgehead atoms. The topological polar surface area (TPSA) is 61.4 Å². The maximum atomic E-state index is 13.0. The van der Waals surface area contributed by atoms with Crippen LogP contribution in [0.5, 0.6) is 5.75 Å². The number of para-hydroxylation sites is 1. The second kappa shape index (κ2) is 7.49. The van der Waals surface area contributed by atoms with Gasteiger partial charge in [-0.25, -0.2) is 4.98 Å². The lowest BCUT2D eigenvalue weighted by Gasteiger charge is -2.06. The molecule has 2 aromatic heterocycles. The summed E-state index contributed by atoms with van der Waals surface area (Å²) in [6.45, 7) is 1.75. The molecule has 28 heavy (non-hydrogen) atoms. The van der Waals surface area contributed by atoms with E-state index in [2.05, 4.69) is 10.1 Å². The lowest BCUT2D eigenvalue weighted by molar-refractivity contribution is 0.415. The van der Waals surface area contributed by atoms with Crippen molar-refractivity contribution in [1.29, 1.82) is 0 Å². The van der Waals surface area contributed by atoms with Gasteiger partial charge in [0.1, 0.15) is 16.3 Å². The molecule has 6 nitrogen and oxygen atoms in total. The number of benzene rings is 2. The zero-order valence-electron chi connectivity index (χ0n) is 15.2. The summed E-state index contributed by atoms with van der Waals surface area (Å²) in [5.74, 6) is 1.25. The van der Waals surface area contributed by atoms with Gasteiger partial charge < -0.3 is 4.74 Å². The van der Waals surface area contributed by atoms with Crippen molar-refractivity contribution in [2.75, 3.05) is 7.11 Å². The van der Waals surface area contributed by atoms with E-state index in [-0.39, 0.29) is 5.56 Å². The zero-order valence-corrected chi connectivity index (χ0v) is 16.8. The van der Waals surface area contributed by atoms with Crippen LogP contribution in [0.3, 0.4) is 0 Å². The Morgan fingerprint density at radius 1 is 1.14 bits per heavy atom. The number of aromatic nitrogens is 3. The van der Waals surface area contributed by atoms with Crippen molar-refractivity contribution in [3.63, 3.8) is 0 Å². The summed E-state index contributed by atoms with van der Waals surface area (Å²) >= 11 is 6.73. The Morgan fingerprint density at radius 3 is 2.54 bits per heavy atom. The number of hydrogen-bond acceptors (Lipinski definition) is 6. The third kappa shape index (κ3) is 3.28. The number of fused-ring (bicyclic) bond motifs is 1. The van der Waals surface area contributed by atoms with Gasteiger partial charge >= 0.3 is 0 Å². The Balaban J connectivity index is 1.82. The summed E-state index contributed by atoms with van der Waals surface area (Å²) < 4.78 is 9.32. The fourth-order valence-electron chi connectivity index (χ4n) is 2.81. The molecular formula is C20H16N4O2S2. The van der Waals surface area contributed by atoms with Crippen LogP contribution in [-0.4, -0.2) is 27.6 Å². The highest BCUT2D eigenvalue weighted by molar-refractivity contribution is 7.73. The molecule has 0 radical (unpaired) electrons. The minimum Gasteiger partial charge on any atom is -0.497 e. The number of rotatable bonds is 4. The quantitative estimate of drug-likeness (QED) is 0.375. The molecule has 0 saturated carbocycles. The number of hydrogen-bond donors (Lipinski definition) is 0. The van der Waals surface area contributed by atoms with Gasteiger partial charge in [0, 0.05) is 5.69 Å². The minimum absolute atomic E-state index is 0.238. The minimum atomic E-state index is -0.238. The van der Waals surface area contributed by atoms with Gasteiger partial charge in [-0.15, -0.1) is 0 Å². The van der Waals surface area contributed by atoms with Gasteiger partial charge in [0.25, 0.3) is 5.56 Å². The molecule has 0 amide bonds. The van der Waals surface area contributed by atoms with Crippen molar-refractivity contribution < 1.29 is 4.74 Å². The Hall–Kier alpha value is -3.10. The molecule has 4 aromatic rings. The van der Waals surface area contributed by atoms with Crippen molar-refractivity contribution >= 4 is 40.1 Å². The molecule has 0 atom stereocenters. The second-order valence-electron chi connectivity index (χ2n) is 5.99. The van der Waals surface area contributed by atoms with Crippen LogP contribution in [0.25, 0.3) is 16.0 Å². The van der Waals surface area contributed by atoms with Crippen LogP contribution in [0.1, 0.15) is 11.4 Å². The lowest BCUT2D eigenvalue weighted by atomic mass is 10.2. The molecule has 0 spiro atoms. The normalized spacial score (nSPS) is 11.4.